The van der Waals surface area contributed by atoms with Gasteiger partial charge in [0.25, 0.3) is 5.91 Å². The zero-order chi connectivity index (χ0) is 30.8. The first-order chi connectivity index (χ1) is 21.4. The van der Waals surface area contributed by atoms with Crippen molar-refractivity contribution in [2.24, 2.45) is 5.92 Å². The van der Waals surface area contributed by atoms with Crippen LogP contribution < -0.4 is 10.1 Å². The predicted octanol–water partition coefficient (Wildman–Crippen LogP) is 6.19. The van der Waals surface area contributed by atoms with Crippen molar-refractivity contribution in [3.63, 3.8) is 0 Å². The number of anilines is 1. The number of phenolic OH excluding ortho intramolecular Hbond substituents is 1. The molecule has 0 aliphatic carbocycles. The standard InChI is InChI=1S/C35H35NO8/c1-3-41-35-25(8-6-14-37)27(28-18-42-30-9-5-4-7-24(28)30)17-32(44-35)34(40)36-21-10-12-23(20(2)15-21)29-19-43-31-16-22(38)11-13-26(31)33(29)39/h4-5,7,9-13,15-18,25,27,29,35,37-38H,3,6,8,14,19H2,1-2H3,(H,36,40)/t25?,27-,29?,35?/m0/s1. The molecule has 0 radical (unpaired) electrons. The summed E-state index contributed by atoms with van der Waals surface area (Å²) in [6.07, 6.45) is 4.04. The topological polar surface area (TPSA) is 127 Å². The van der Waals surface area contributed by atoms with Gasteiger partial charge in [0.1, 0.15) is 23.7 Å². The van der Waals surface area contributed by atoms with Crippen molar-refractivity contribution in [2.75, 3.05) is 25.1 Å². The molecule has 0 fully saturated rings. The van der Waals surface area contributed by atoms with Crippen LogP contribution in [0.5, 0.6) is 11.5 Å². The monoisotopic (exact) mass is 597 g/mol. The number of rotatable bonds is 9. The van der Waals surface area contributed by atoms with Gasteiger partial charge in [-0.1, -0.05) is 24.3 Å². The summed E-state index contributed by atoms with van der Waals surface area (Å²) in [6.45, 7) is 4.35. The second-order valence-corrected chi connectivity index (χ2v) is 11.1. The fourth-order valence-corrected chi connectivity index (χ4v) is 6.22. The number of aryl methyl sites for hydroxylation is 1. The van der Waals surface area contributed by atoms with E-state index < -0.39 is 18.1 Å². The zero-order valence-electron chi connectivity index (χ0n) is 24.6. The molecule has 3 aromatic carbocycles. The van der Waals surface area contributed by atoms with Gasteiger partial charge in [0.2, 0.25) is 6.29 Å². The van der Waals surface area contributed by atoms with E-state index in [1.165, 1.54) is 12.1 Å². The molecule has 2 aliphatic heterocycles. The lowest BCUT2D eigenvalue weighted by atomic mass is 9.80. The van der Waals surface area contributed by atoms with Crippen molar-refractivity contribution in [3.05, 3.63) is 101 Å². The summed E-state index contributed by atoms with van der Waals surface area (Å²) in [6, 6.07) is 17.7. The van der Waals surface area contributed by atoms with Crippen LogP contribution in [-0.2, 0) is 14.3 Å². The largest absolute Gasteiger partial charge is 0.508 e. The zero-order valence-corrected chi connectivity index (χ0v) is 24.6. The first kappa shape index (κ1) is 29.5. The van der Waals surface area contributed by atoms with Crippen molar-refractivity contribution >= 4 is 28.3 Å². The summed E-state index contributed by atoms with van der Waals surface area (Å²) in [5.74, 6) is -0.854. The van der Waals surface area contributed by atoms with E-state index in [4.69, 9.17) is 18.6 Å². The first-order valence-corrected chi connectivity index (χ1v) is 14.9. The predicted molar refractivity (Wildman–Crippen MR) is 164 cm³/mol. The summed E-state index contributed by atoms with van der Waals surface area (Å²) in [5.41, 5.74) is 4.29. The van der Waals surface area contributed by atoms with Gasteiger partial charge < -0.3 is 34.2 Å². The number of hydrogen-bond donors (Lipinski definition) is 3. The number of aliphatic hydroxyl groups excluding tert-OH is 1. The fourth-order valence-electron chi connectivity index (χ4n) is 6.22. The number of allylic oxidation sites excluding steroid dienone is 1. The molecular formula is C35H35NO8. The van der Waals surface area contributed by atoms with Gasteiger partial charge in [-0.2, -0.15) is 0 Å². The van der Waals surface area contributed by atoms with Gasteiger partial charge in [-0.3, -0.25) is 9.59 Å². The lowest BCUT2D eigenvalue weighted by molar-refractivity contribution is -0.164. The molecule has 0 saturated heterocycles. The van der Waals surface area contributed by atoms with Crippen LogP contribution in [-0.4, -0.2) is 48.0 Å². The van der Waals surface area contributed by atoms with Crippen molar-refractivity contribution in [2.45, 2.75) is 44.8 Å². The van der Waals surface area contributed by atoms with Gasteiger partial charge in [0, 0.05) is 47.8 Å². The maximum atomic E-state index is 13.6. The third kappa shape index (κ3) is 5.68. The summed E-state index contributed by atoms with van der Waals surface area (Å²) in [4.78, 5) is 26.9. The maximum Gasteiger partial charge on any atom is 0.290 e. The Morgan fingerprint density at radius 1 is 1.09 bits per heavy atom. The number of Topliss-reactive ketones (excluding diaryl/α,β-unsaturated/α-hetero) is 1. The molecule has 3 heterocycles. The number of carbonyl (C=O) groups is 2. The van der Waals surface area contributed by atoms with Gasteiger partial charge in [0.15, 0.2) is 11.5 Å². The SMILES string of the molecule is CCOC1OC(C(=O)Nc2ccc(C3COc4cc(O)ccc4C3=O)c(C)c2)=C[C@H](c2coc3ccccc23)C1CCCO. The van der Waals surface area contributed by atoms with Gasteiger partial charge >= 0.3 is 0 Å². The number of aromatic hydroxyl groups is 1. The first-order valence-electron chi connectivity index (χ1n) is 14.9. The third-order valence-electron chi connectivity index (χ3n) is 8.36. The molecule has 0 spiro atoms. The lowest BCUT2D eigenvalue weighted by Gasteiger charge is -2.36. The molecular weight excluding hydrogens is 562 g/mol. The van der Waals surface area contributed by atoms with E-state index in [9.17, 15) is 19.8 Å². The molecule has 4 aromatic rings. The van der Waals surface area contributed by atoms with E-state index in [0.717, 1.165) is 27.7 Å². The highest BCUT2D eigenvalue weighted by atomic mass is 16.7. The fraction of sp³-hybridized carbons (Fsp3) is 0.314. The van der Waals surface area contributed by atoms with Crippen LogP contribution in [0, 0.1) is 12.8 Å². The van der Waals surface area contributed by atoms with Crippen molar-refractivity contribution < 1.29 is 38.4 Å². The van der Waals surface area contributed by atoms with Crippen LogP contribution in [0.15, 0.2) is 83.2 Å². The molecule has 1 amide bonds. The Balaban J connectivity index is 1.26. The number of para-hydroxylation sites is 1. The van der Waals surface area contributed by atoms with Gasteiger partial charge in [-0.05, 0) is 74.2 Å². The molecule has 3 N–H and O–H groups in total. The number of furan rings is 1. The second kappa shape index (κ2) is 12.6. The van der Waals surface area contributed by atoms with E-state index in [1.807, 2.05) is 56.3 Å². The summed E-state index contributed by atoms with van der Waals surface area (Å²) < 4.78 is 23.8. The third-order valence-corrected chi connectivity index (χ3v) is 8.36. The molecule has 2 aliphatic rings. The molecule has 9 heteroatoms. The van der Waals surface area contributed by atoms with Crippen molar-refractivity contribution in [1.82, 2.24) is 0 Å². The summed E-state index contributed by atoms with van der Waals surface area (Å²) in [7, 11) is 0. The van der Waals surface area contributed by atoms with Crippen molar-refractivity contribution in [3.8, 4) is 11.5 Å². The van der Waals surface area contributed by atoms with Crippen LogP contribution in [0.1, 0.15) is 58.6 Å². The highest BCUT2D eigenvalue weighted by molar-refractivity contribution is 6.05. The number of amides is 1. The highest BCUT2D eigenvalue weighted by Crippen LogP contribution is 2.43. The molecule has 3 unspecified atom stereocenters. The summed E-state index contributed by atoms with van der Waals surface area (Å²) in [5, 5.41) is 23.2. The Kier molecular flexibility index (Phi) is 8.41. The van der Waals surface area contributed by atoms with Gasteiger partial charge in [-0.15, -0.1) is 0 Å². The molecule has 4 atom stereocenters. The number of benzene rings is 3. The Hall–Kier alpha value is -4.60. The molecule has 9 nitrogen and oxygen atoms in total. The smallest absolute Gasteiger partial charge is 0.290 e. The summed E-state index contributed by atoms with van der Waals surface area (Å²) >= 11 is 0. The number of carbonyl (C=O) groups excluding carboxylic acids is 2. The van der Waals surface area contributed by atoms with E-state index in [-0.39, 0.29) is 42.3 Å². The van der Waals surface area contributed by atoms with Crippen LogP contribution in [0.3, 0.4) is 0 Å². The second-order valence-electron chi connectivity index (χ2n) is 11.1. The normalized spacial score (nSPS) is 21.2. The van der Waals surface area contributed by atoms with Gasteiger partial charge in [-0.25, -0.2) is 0 Å². The van der Waals surface area contributed by atoms with E-state index in [0.29, 0.717) is 36.4 Å². The van der Waals surface area contributed by atoms with E-state index in [2.05, 4.69) is 5.32 Å². The number of fused-ring (bicyclic) bond motifs is 2. The average Bonchev–Trinajstić information content (AvgIpc) is 3.45. The van der Waals surface area contributed by atoms with Crippen molar-refractivity contribution in [1.29, 1.82) is 0 Å². The molecule has 0 saturated carbocycles. The Bertz CT molecular complexity index is 1720. The van der Waals surface area contributed by atoms with Crippen LogP contribution >= 0.6 is 0 Å². The van der Waals surface area contributed by atoms with Crippen LogP contribution in [0.25, 0.3) is 11.0 Å². The quantitative estimate of drug-likeness (QED) is 0.208. The molecule has 0 bridgehead atoms. The number of phenols is 1. The average molecular weight is 598 g/mol. The number of nitrogens with one attached hydrogen (secondary N) is 1. The molecule has 6 rings (SSSR count). The molecule has 228 valence electrons. The highest BCUT2D eigenvalue weighted by Gasteiger charge is 2.39. The van der Waals surface area contributed by atoms with Crippen LogP contribution in [0.2, 0.25) is 0 Å². The minimum Gasteiger partial charge on any atom is -0.508 e. The Morgan fingerprint density at radius 2 is 1.93 bits per heavy atom. The number of hydrogen-bond acceptors (Lipinski definition) is 8. The minimum absolute atomic E-state index is 0.0370. The molecule has 1 aromatic heterocycles. The lowest BCUT2D eigenvalue weighted by Crippen LogP contribution is -2.37. The van der Waals surface area contributed by atoms with Gasteiger partial charge in [0.05, 0.1) is 17.7 Å². The Labute approximate surface area is 255 Å². The number of ether oxygens (including phenoxy) is 3. The van der Waals surface area contributed by atoms with E-state index in [1.54, 1.807) is 18.4 Å². The number of ketones is 1. The van der Waals surface area contributed by atoms with Crippen LogP contribution in [0.4, 0.5) is 5.69 Å². The van der Waals surface area contributed by atoms with E-state index >= 15 is 0 Å². The minimum atomic E-state index is -0.692. The molecule has 44 heavy (non-hydrogen) atoms. The number of aliphatic hydroxyl groups is 1. The maximum absolute atomic E-state index is 13.6. The Morgan fingerprint density at radius 3 is 2.73 bits per heavy atom.